The molecule has 3 aliphatic heterocycles. The number of rotatable bonds is 2. The van der Waals surface area contributed by atoms with Crippen LogP contribution in [-0.4, -0.2) is 48.2 Å². The summed E-state index contributed by atoms with van der Waals surface area (Å²) in [5.74, 6) is -1.93. The molecule has 0 saturated carbocycles. The third kappa shape index (κ3) is 3.38. The quantitative estimate of drug-likeness (QED) is 0.664. The average Bonchev–Trinajstić information content (AvgIpc) is 3.02. The molecular formula is C18H22INO6. The van der Waals surface area contributed by atoms with Gasteiger partial charge in [0.15, 0.2) is 24.0 Å². The zero-order chi connectivity index (χ0) is 18.7. The lowest BCUT2D eigenvalue weighted by Gasteiger charge is -2.36. The van der Waals surface area contributed by atoms with Gasteiger partial charge in [0.2, 0.25) is 0 Å². The summed E-state index contributed by atoms with van der Waals surface area (Å²) < 4.78 is 30.7. The monoisotopic (exact) mass is 475 g/mol. The van der Waals surface area contributed by atoms with Gasteiger partial charge in [-0.3, -0.25) is 4.79 Å². The van der Waals surface area contributed by atoms with Crippen LogP contribution in [0.5, 0.6) is 0 Å². The van der Waals surface area contributed by atoms with Gasteiger partial charge in [-0.15, -0.1) is 0 Å². The van der Waals surface area contributed by atoms with E-state index in [1.54, 1.807) is 0 Å². The molecule has 1 N–H and O–H groups in total. The van der Waals surface area contributed by atoms with Crippen molar-refractivity contribution in [2.45, 2.75) is 70.0 Å². The Hall–Kier alpha value is -0.780. The predicted octanol–water partition coefficient (Wildman–Crippen LogP) is 2.63. The van der Waals surface area contributed by atoms with Crippen LogP contribution in [0.4, 0.5) is 5.69 Å². The van der Waals surface area contributed by atoms with Crippen LogP contribution < -0.4 is 5.32 Å². The van der Waals surface area contributed by atoms with Crippen molar-refractivity contribution in [3.63, 3.8) is 0 Å². The Morgan fingerprint density at radius 3 is 2.31 bits per heavy atom. The van der Waals surface area contributed by atoms with Crippen LogP contribution in [-0.2, 0) is 28.5 Å². The van der Waals surface area contributed by atoms with Crippen LogP contribution in [0.25, 0.3) is 0 Å². The molecule has 4 rings (SSSR count). The minimum atomic E-state index is -0.864. The fraction of sp³-hybridized carbons (Fsp3) is 0.611. The lowest BCUT2D eigenvalue weighted by molar-refractivity contribution is -0.229. The SMILES string of the molecule is CC1(C)O[C@@H]2O[C@H](C(=O)Nc3ccccc3I)[C@@H]3OC(C)(C)O[C@H]3[C@@H]2O1. The van der Waals surface area contributed by atoms with Crippen molar-refractivity contribution in [1.29, 1.82) is 0 Å². The molecule has 26 heavy (non-hydrogen) atoms. The van der Waals surface area contributed by atoms with E-state index in [0.29, 0.717) is 0 Å². The smallest absolute Gasteiger partial charge is 0.256 e. The van der Waals surface area contributed by atoms with Crippen molar-refractivity contribution >= 4 is 34.2 Å². The van der Waals surface area contributed by atoms with Gasteiger partial charge in [-0.1, -0.05) is 12.1 Å². The minimum absolute atomic E-state index is 0.294. The van der Waals surface area contributed by atoms with Gasteiger partial charge in [-0.2, -0.15) is 0 Å². The Morgan fingerprint density at radius 1 is 0.962 bits per heavy atom. The predicted molar refractivity (Wildman–Crippen MR) is 100 cm³/mol. The van der Waals surface area contributed by atoms with Gasteiger partial charge in [-0.05, 0) is 62.4 Å². The molecule has 3 heterocycles. The van der Waals surface area contributed by atoms with E-state index in [0.717, 1.165) is 9.26 Å². The Labute approximate surface area is 165 Å². The maximum absolute atomic E-state index is 13.0. The topological polar surface area (TPSA) is 75.3 Å². The highest BCUT2D eigenvalue weighted by Gasteiger charge is 2.62. The zero-order valence-electron chi connectivity index (χ0n) is 15.0. The molecule has 0 bridgehead atoms. The fourth-order valence-electron chi connectivity index (χ4n) is 3.59. The van der Waals surface area contributed by atoms with Gasteiger partial charge in [0.1, 0.15) is 18.3 Å². The molecular weight excluding hydrogens is 453 g/mol. The van der Waals surface area contributed by atoms with Crippen LogP contribution in [0.15, 0.2) is 24.3 Å². The molecule has 5 atom stereocenters. The molecule has 0 aromatic heterocycles. The maximum atomic E-state index is 13.0. The first kappa shape index (κ1) is 18.6. The lowest BCUT2D eigenvalue weighted by atomic mass is 9.98. The van der Waals surface area contributed by atoms with E-state index in [4.69, 9.17) is 23.7 Å². The molecule has 8 heteroatoms. The number of hydrogen-bond acceptors (Lipinski definition) is 6. The number of benzene rings is 1. The maximum Gasteiger partial charge on any atom is 0.256 e. The zero-order valence-corrected chi connectivity index (χ0v) is 17.2. The summed E-state index contributed by atoms with van der Waals surface area (Å²) in [6.07, 6.45) is -3.02. The molecule has 1 aromatic carbocycles. The molecule has 1 aromatic rings. The standard InChI is InChI=1S/C18H22INO6/c1-17(2)23-11-12(24-17)14-16(26-18(3,4)25-14)22-13(11)15(21)20-10-8-6-5-7-9(10)19/h5-8,11-14,16H,1-4H3,(H,20,21)/t11-,12-,13+,14+,16+/m1/s1. The van der Waals surface area contributed by atoms with Crippen molar-refractivity contribution in [2.75, 3.05) is 5.32 Å². The van der Waals surface area contributed by atoms with Gasteiger partial charge >= 0.3 is 0 Å². The molecule has 0 unspecified atom stereocenters. The van der Waals surface area contributed by atoms with Crippen LogP contribution >= 0.6 is 22.6 Å². The van der Waals surface area contributed by atoms with E-state index in [9.17, 15) is 4.79 Å². The molecule has 7 nitrogen and oxygen atoms in total. The highest BCUT2D eigenvalue weighted by molar-refractivity contribution is 14.1. The molecule has 1 amide bonds. The average molecular weight is 475 g/mol. The number of amides is 1. The number of fused-ring (bicyclic) bond motifs is 3. The number of para-hydroxylation sites is 1. The third-order valence-corrected chi connectivity index (χ3v) is 5.49. The summed E-state index contributed by atoms with van der Waals surface area (Å²) in [4.78, 5) is 13.0. The third-order valence-electron chi connectivity index (χ3n) is 4.54. The van der Waals surface area contributed by atoms with Crippen molar-refractivity contribution in [3.8, 4) is 0 Å². The summed E-state index contributed by atoms with van der Waals surface area (Å²) in [5.41, 5.74) is 0.725. The summed E-state index contributed by atoms with van der Waals surface area (Å²) in [5, 5.41) is 2.92. The van der Waals surface area contributed by atoms with E-state index in [2.05, 4.69) is 27.9 Å². The number of hydrogen-bond donors (Lipinski definition) is 1. The van der Waals surface area contributed by atoms with E-state index in [-0.39, 0.29) is 5.91 Å². The Kier molecular flexibility index (Phi) is 4.56. The minimum Gasteiger partial charge on any atom is -0.342 e. The van der Waals surface area contributed by atoms with Crippen LogP contribution in [0.3, 0.4) is 0 Å². The molecule has 3 fully saturated rings. The van der Waals surface area contributed by atoms with Gasteiger partial charge in [0, 0.05) is 3.57 Å². The van der Waals surface area contributed by atoms with Gasteiger partial charge in [0.25, 0.3) is 5.91 Å². The molecule has 142 valence electrons. The summed E-state index contributed by atoms with van der Waals surface area (Å²) in [6.45, 7) is 7.25. The first-order valence-corrected chi connectivity index (χ1v) is 9.65. The first-order chi connectivity index (χ1) is 12.2. The number of carbonyl (C=O) groups excluding carboxylic acids is 1. The summed E-state index contributed by atoms with van der Waals surface area (Å²) in [7, 11) is 0. The molecule has 0 spiro atoms. The summed E-state index contributed by atoms with van der Waals surface area (Å²) >= 11 is 2.17. The molecule has 3 saturated heterocycles. The van der Waals surface area contributed by atoms with Gasteiger partial charge < -0.3 is 29.0 Å². The second-order valence-corrected chi connectivity index (χ2v) is 8.72. The van der Waals surface area contributed by atoms with Crippen molar-refractivity contribution in [3.05, 3.63) is 27.8 Å². The normalized spacial score (nSPS) is 37.0. The van der Waals surface area contributed by atoms with Gasteiger partial charge in [0.05, 0.1) is 5.69 Å². The van der Waals surface area contributed by atoms with E-state index in [1.165, 1.54) is 0 Å². The summed E-state index contributed by atoms with van der Waals surface area (Å²) in [6, 6.07) is 7.55. The second-order valence-electron chi connectivity index (χ2n) is 7.56. The van der Waals surface area contributed by atoms with Crippen LogP contribution in [0, 0.1) is 3.57 Å². The number of halogens is 1. The number of ether oxygens (including phenoxy) is 5. The number of nitrogens with one attached hydrogen (secondary N) is 1. The van der Waals surface area contributed by atoms with Crippen molar-refractivity contribution < 1.29 is 28.5 Å². The Balaban J connectivity index is 1.59. The van der Waals surface area contributed by atoms with Crippen molar-refractivity contribution in [2.24, 2.45) is 0 Å². The Morgan fingerprint density at radius 2 is 1.58 bits per heavy atom. The highest BCUT2D eigenvalue weighted by Crippen LogP contribution is 2.44. The van der Waals surface area contributed by atoms with Gasteiger partial charge in [-0.25, -0.2) is 0 Å². The van der Waals surface area contributed by atoms with Crippen LogP contribution in [0.2, 0.25) is 0 Å². The second kappa shape index (κ2) is 6.39. The highest BCUT2D eigenvalue weighted by atomic mass is 127. The number of anilines is 1. The Bertz CT molecular complexity index is 723. The van der Waals surface area contributed by atoms with Crippen LogP contribution in [0.1, 0.15) is 27.7 Å². The van der Waals surface area contributed by atoms with E-state index >= 15 is 0 Å². The molecule has 0 aliphatic carbocycles. The van der Waals surface area contributed by atoms with Crippen molar-refractivity contribution in [1.82, 2.24) is 0 Å². The molecule has 3 aliphatic rings. The molecule has 0 radical (unpaired) electrons. The number of carbonyl (C=O) groups is 1. The largest absolute Gasteiger partial charge is 0.342 e. The fourth-order valence-corrected chi connectivity index (χ4v) is 4.11. The first-order valence-electron chi connectivity index (χ1n) is 8.57. The van der Waals surface area contributed by atoms with E-state index in [1.807, 2.05) is 52.0 Å². The van der Waals surface area contributed by atoms with E-state index < -0.39 is 42.3 Å². The lowest BCUT2D eigenvalue weighted by Crippen LogP contribution is -2.58.